The second-order valence-electron chi connectivity index (χ2n) is 9.48. The molecule has 0 atom stereocenters. The van der Waals surface area contributed by atoms with Gasteiger partial charge in [0.2, 0.25) is 5.78 Å². The lowest BCUT2D eigenvalue weighted by Gasteiger charge is -2.14. The molecule has 7 nitrogen and oxygen atoms in total. The van der Waals surface area contributed by atoms with Crippen LogP contribution in [0.25, 0.3) is 16.7 Å². The van der Waals surface area contributed by atoms with Crippen molar-refractivity contribution in [3.05, 3.63) is 69.0 Å². The normalized spacial score (nSPS) is 14.3. The molecule has 0 aliphatic heterocycles. The van der Waals surface area contributed by atoms with E-state index in [0.717, 1.165) is 37.9 Å². The van der Waals surface area contributed by atoms with Gasteiger partial charge in [0, 0.05) is 23.9 Å². The van der Waals surface area contributed by atoms with Crippen LogP contribution in [0.1, 0.15) is 66.1 Å². The molecular formula is C27H31N5O2S. The molecule has 1 fully saturated rings. The summed E-state index contributed by atoms with van der Waals surface area (Å²) in [5.41, 5.74) is 4.82. The largest absolute Gasteiger partial charge is 0.349 e. The van der Waals surface area contributed by atoms with E-state index < -0.39 is 0 Å². The smallest absolute Gasteiger partial charge is 0.262 e. The molecule has 0 radical (unpaired) electrons. The van der Waals surface area contributed by atoms with E-state index in [1.165, 1.54) is 16.7 Å². The molecule has 0 spiro atoms. The maximum atomic E-state index is 13.3. The van der Waals surface area contributed by atoms with Crippen LogP contribution in [-0.2, 0) is 12.3 Å². The fourth-order valence-electron chi connectivity index (χ4n) is 4.88. The molecule has 1 aliphatic rings. The van der Waals surface area contributed by atoms with Gasteiger partial charge in [0.05, 0.1) is 10.9 Å². The van der Waals surface area contributed by atoms with Crippen molar-refractivity contribution in [1.29, 1.82) is 0 Å². The highest BCUT2D eigenvalue weighted by molar-refractivity contribution is 7.98. The summed E-state index contributed by atoms with van der Waals surface area (Å²) in [7, 11) is 0. The molecule has 4 aromatic rings. The number of rotatable bonds is 7. The van der Waals surface area contributed by atoms with Crippen LogP contribution < -0.4 is 10.9 Å². The number of carbonyl (C=O) groups is 1. The van der Waals surface area contributed by atoms with E-state index in [0.29, 0.717) is 33.9 Å². The number of aryl methyl sites for hydroxylation is 3. The maximum Gasteiger partial charge on any atom is 0.262 e. The lowest BCUT2D eigenvalue weighted by molar-refractivity contribution is 0.0938. The Bertz CT molecular complexity index is 1470. The molecule has 1 amide bonds. The van der Waals surface area contributed by atoms with Crippen LogP contribution in [0.4, 0.5) is 0 Å². The molecule has 2 aromatic carbocycles. The number of aromatic nitrogens is 4. The first-order chi connectivity index (χ1) is 17.0. The molecule has 0 saturated heterocycles. The summed E-state index contributed by atoms with van der Waals surface area (Å²) in [4.78, 5) is 26.3. The van der Waals surface area contributed by atoms with Crippen molar-refractivity contribution in [3.8, 4) is 0 Å². The monoisotopic (exact) mass is 489 g/mol. The van der Waals surface area contributed by atoms with Crippen LogP contribution in [0.15, 0.2) is 46.3 Å². The van der Waals surface area contributed by atoms with Crippen molar-refractivity contribution in [1.82, 2.24) is 24.5 Å². The summed E-state index contributed by atoms with van der Waals surface area (Å²) >= 11 is 1.59. The molecule has 2 heterocycles. The van der Waals surface area contributed by atoms with Crippen molar-refractivity contribution in [2.75, 3.05) is 0 Å². The Morgan fingerprint density at radius 3 is 2.69 bits per heavy atom. The number of hydrogen-bond donors (Lipinski definition) is 1. The number of hydrogen-bond acceptors (Lipinski definition) is 5. The van der Waals surface area contributed by atoms with Crippen molar-refractivity contribution in [2.24, 2.45) is 0 Å². The van der Waals surface area contributed by atoms with Gasteiger partial charge in [0.15, 0.2) is 5.16 Å². The van der Waals surface area contributed by atoms with Gasteiger partial charge >= 0.3 is 0 Å². The summed E-state index contributed by atoms with van der Waals surface area (Å²) in [5, 5.41) is 13.3. The number of fused-ring (bicyclic) bond motifs is 3. The minimum atomic E-state index is -0.101. The molecule has 1 saturated carbocycles. The Morgan fingerprint density at radius 2 is 1.91 bits per heavy atom. The molecule has 5 rings (SSSR count). The lowest BCUT2D eigenvalue weighted by atomic mass is 10.1. The number of carbonyl (C=O) groups excluding carboxylic acids is 1. The third kappa shape index (κ3) is 4.59. The van der Waals surface area contributed by atoms with Gasteiger partial charge in [0.25, 0.3) is 11.5 Å². The zero-order valence-electron chi connectivity index (χ0n) is 20.5. The molecule has 1 aliphatic carbocycles. The van der Waals surface area contributed by atoms with E-state index in [-0.39, 0.29) is 17.5 Å². The zero-order chi connectivity index (χ0) is 24.5. The molecule has 0 unspecified atom stereocenters. The molecule has 0 bridgehead atoms. The van der Waals surface area contributed by atoms with Gasteiger partial charge in [0.1, 0.15) is 0 Å². The van der Waals surface area contributed by atoms with Crippen LogP contribution in [0, 0.1) is 13.8 Å². The minimum Gasteiger partial charge on any atom is -0.349 e. The Hall–Kier alpha value is -3.13. The number of thioether (sulfide) groups is 1. The predicted molar refractivity (Wildman–Crippen MR) is 140 cm³/mol. The lowest BCUT2D eigenvalue weighted by Crippen LogP contribution is -2.32. The first-order valence-corrected chi connectivity index (χ1v) is 13.4. The second kappa shape index (κ2) is 9.85. The summed E-state index contributed by atoms with van der Waals surface area (Å²) in [6.45, 7) is 6.80. The fourth-order valence-corrected chi connectivity index (χ4v) is 5.88. The topological polar surface area (TPSA) is 81.3 Å². The number of nitrogens with zero attached hydrogens (tertiary/aromatic N) is 4. The van der Waals surface area contributed by atoms with Gasteiger partial charge in [-0.1, -0.05) is 55.3 Å². The summed E-state index contributed by atoms with van der Waals surface area (Å²) in [6.07, 6.45) is 5.16. The van der Waals surface area contributed by atoms with Gasteiger partial charge in [-0.25, -0.2) is 0 Å². The Balaban J connectivity index is 1.60. The molecule has 1 N–H and O–H groups in total. The minimum absolute atomic E-state index is 0.0950. The van der Waals surface area contributed by atoms with E-state index in [9.17, 15) is 9.59 Å². The van der Waals surface area contributed by atoms with E-state index in [1.807, 2.05) is 17.4 Å². The number of benzene rings is 2. The molecule has 8 heteroatoms. The third-order valence-corrected chi connectivity index (χ3v) is 7.81. The van der Waals surface area contributed by atoms with Gasteiger partial charge in [-0.2, -0.15) is 0 Å². The van der Waals surface area contributed by atoms with E-state index in [2.05, 4.69) is 47.6 Å². The Morgan fingerprint density at radius 1 is 1.11 bits per heavy atom. The van der Waals surface area contributed by atoms with Crippen LogP contribution in [-0.4, -0.2) is 31.1 Å². The zero-order valence-corrected chi connectivity index (χ0v) is 21.3. The number of nitrogens with one attached hydrogen (secondary N) is 1. The maximum absolute atomic E-state index is 13.3. The quantitative estimate of drug-likeness (QED) is 0.368. The first-order valence-electron chi connectivity index (χ1n) is 12.4. The van der Waals surface area contributed by atoms with Crippen molar-refractivity contribution < 1.29 is 4.79 Å². The van der Waals surface area contributed by atoms with Gasteiger partial charge < -0.3 is 5.32 Å². The van der Waals surface area contributed by atoms with Crippen LogP contribution >= 0.6 is 11.8 Å². The van der Waals surface area contributed by atoms with E-state index in [1.54, 1.807) is 28.5 Å². The summed E-state index contributed by atoms with van der Waals surface area (Å²) in [6, 6.07) is 12.0. The molecule has 35 heavy (non-hydrogen) atoms. The van der Waals surface area contributed by atoms with Crippen molar-refractivity contribution in [3.63, 3.8) is 0 Å². The highest BCUT2D eigenvalue weighted by Crippen LogP contribution is 2.27. The van der Waals surface area contributed by atoms with Crippen LogP contribution in [0.3, 0.4) is 0 Å². The Labute approximate surface area is 208 Å². The first kappa shape index (κ1) is 23.6. The summed E-state index contributed by atoms with van der Waals surface area (Å²) in [5.74, 6) is 1.16. The van der Waals surface area contributed by atoms with Gasteiger partial charge in [-0.3, -0.25) is 18.6 Å². The van der Waals surface area contributed by atoms with E-state index in [4.69, 9.17) is 0 Å². The molecular weight excluding hydrogens is 458 g/mol. The average Bonchev–Trinajstić information content (AvgIpc) is 3.52. The molecule has 2 aromatic heterocycles. The van der Waals surface area contributed by atoms with E-state index >= 15 is 0 Å². The Kier molecular flexibility index (Phi) is 6.65. The van der Waals surface area contributed by atoms with Crippen LogP contribution in [0.2, 0.25) is 0 Å². The van der Waals surface area contributed by atoms with Gasteiger partial charge in [-0.05, 0) is 62.4 Å². The predicted octanol–water partition coefficient (Wildman–Crippen LogP) is 5.04. The highest BCUT2D eigenvalue weighted by Gasteiger charge is 2.21. The SMILES string of the molecule is CCCn1c(=O)c2ccc(C(=O)NC3CCCC3)cc2n2c(SCc3cc(C)ccc3C)nnc12. The fraction of sp³-hybridized carbons (Fsp3) is 0.407. The highest BCUT2D eigenvalue weighted by atomic mass is 32.2. The second-order valence-corrected chi connectivity index (χ2v) is 10.4. The van der Waals surface area contributed by atoms with Crippen molar-refractivity contribution in [2.45, 2.75) is 76.4 Å². The average molecular weight is 490 g/mol. The van der Waals surface area contributed by atoms with Gasteiger partial charge in [-0.15, -0.1) is 10.2 Å². The summed E-state index contributed by atoms with van der Waals surface area (Å²) < 4.78 is 3.63. The molecule has 182 valence electrons. The number of amides is 1. The standard InChI is InChI=1S/C27H31N5O2S/c1-4-13-31-25(34)22-12-11-19(24(33)28-21-7-5-6-8-21)15-23(22)32-26(31)29-30-27(32)35-16-20-14-17(2)9-10-18(20)3/h9-12,14-15,21H,4-8,13,16H2,1-3H3,(H,28,33). The van der Waals surface area contributed by atoms with Crippen molar-refractivity contribution >= 4 is 34.3 Å². The third-order valence-electron chi connectivity index (χ3n) is 6.83. The van der Waals surface area contributed by atoms with Crippen LogP contribution in [0.5, 0.6) is 0 Å².